The number of methoxy groups -OCH3 is 1. The SMILES string of the molecule is COc1cc(Br)c(Oc2cc(F)cc(F)c2N)cc1Br. The number of anilines is 1. The van der Waals surface area contributed by atoms with Gasteiger partial charge in [0.2, 0.25) is 0 Å². The molecule has 0 fully saturated rings. The summed E-state index contributed by atoms with van der Waals surface area (Å²) in [6.07, 6.45) is 0. The lowest BCUT2D eigenvalue weighted by Crippen LogP contribution is -1.98. The molecule has 0 atom stereocenters. The van der Waals surface area contributed by atoms with Crippen molar-refractivity contribution in [3.05, 3.63) is 44.8 Å². The molecule has 0 aromatic heterocycles. The fraction of sp³-hybridized carbons (Fsp3) is 0.0769. The van der Waals surface area contributed by atoms with Gasteiger partial charge in [0.1, 0.15) is 23.0 Å². The zero-order chi connectivity index (χ0) is 14.9. The van der Waals surface area contributed by atoms with Crippen molar-refractivity contribution in [2.75, 3.05) is 12.8 Å². The third-order valence-corrected chi connectivity index (χ3v) is 3.72. The van der Waals surface area contributed by atoms with E-state index in [1.54, 1.807) is 12.1 Å². The Morgan fingerprint density at radius 1 is 0.950 bits per heavy atom. The molecule has 0 heterocycles. The van der Waals surface area contributed by atoms with Gasteiger partial charge in [-0.1, -0.05) is 0 Å². The summed E-state index contributed by atoms with van der Waals surface area (Å²) in [5.41, 5.74) is 5.27. The van der Waals surface area contributed by atoms with E-state index < -0.39 is 11.6 Å². The fourth-order valence-corrected chi connectivity index (χ4v) is 2.40. The topological polar surface area (TPSA) is 44.5 Å². The molecule has 0 saturated heterocycles. The second-order valence-corrected chi connectivity index (χ2v) is 5.53. The first-order chi connectivity index (χ1) is 9.42. The summed E-state index contributed by atoms with van der Waals surface area (Å²) in [7, 11) is 1.52. The van der Waals surface area contributed by atoms with E-state index in [2.05, 4.69) is 31.9 Å². The van der Waals surface area contributed by atoms with Crippen LogP contribution in [0.4, 0.5) is 14.5 Å². The summed E-state index contributed by atoms with van der Waals surface area (Å²) < 4.78 is 38.3. The van der Waals surface area contributed by atoms with Crippen LogP contribution >= 0.6 is 31.9 Å². The van der Waals surface area contributed by atoms with Crippen LogP contribution in [0, 0.1) is 11.6 Å². The molecule has 0 spiro atoms. The number of nitrogen functional groups attached to an aromatic ring is 1. The molecule has 0 aliphatic rings. The summed E-state index contributed by atoms with van der Waals surface area (Å²) in [4.78, 5) is 0. The average Bonchev–Trinajstić information content (AvgIpc) is 2.39. The number of rotatable bonds is 3. The van der Waals surface area contributed by atoms with Gasteiger partial charge in [0, 0.05) is 12.1 Å². The van der Waals surface area contributed by atoms with Gasteiger partial charge < -0.3 is 15.2 Å². The van der Waals surface area contributed by atoms with Gasteiger partial charge in [-0.2, -0.15) is 0 Å². The maximum absolute atomic E-state index is 13.4. The maximum Gasteiger partial charge on any atom is 0.156 e. The third kappa shape index (κ3) is 3.04. The van der Waals surface area contributed by atoms with E-state index in [1.165, 1.54) is 7.11 Å². The average molecular weight is 409 g/mol. The van der Waals surface area contributed by atoms with Crippen molar-refractivity contribution in [3.63, 3.8) is 0 Å². The third-order valence-electron chi connectivity index (χ3n) is 2.48. The lowest BCUT2D eigenvalue weighted by molar-refractivity contribution is 0.409. The Kier molecular flexibility index (Phi) is 4.49. The highest BCUT2D eigenvalue weighted by atomic mass is 79.9. The zero-order valence-corrected chi connectivity index (χ0v) is 13.4. The number of hydrogen-bond acceptors (Lipinski definition) is 3. The van der Waals surface area contributed by atoms with Crippen LogP contribution in [0.5, 0.6) is 17.2 Å². The van der Waals surface area contributed by atoms with Gasteiger partial charge in [0.25, 0.3) is 0 Å². The number of nitrogens with two attached hydrogens (primary N) is 1. The van der Waals surface area contributed by atoms with Crippen LogP contribution in [-0.2, 0) is 0 Å². The summed E-state index contributed by atoms with van der Waals surface area (Å²) in [6, 6.07) is 4.97. The normalized spacial score (nSPS) is 10.4. The molecule has 0 amide bonds. The largest absolute Gasteiger partial charge is 0.496 e. The van der Waals surface area contributed by atoms with Crippen LogP contribution in [0.1, 0.15) is 0 Å². The minimum absolute atomic E-state index is 0.0970. The first-order valence-electron chi connectivity index (χ1n) is 5.37. The molecule has 2 N–H and O–H groups in total. The molecule has 106 valence electrons. The number of hydrogen-bond donors (Lipinski definition) is 1. The molecule has 20 heavy (non-hydrogen) atoms. The molecular formula is C13H9Br2F2NO2. The molecule has 2 aromatic rings. The predicted molar refractivity (Wildman–Crippen MR) is 79.2 cm³/mol. The smallest absolute Gasteiger partial charge is 0.156 e. The first kappa shape index (κ1) is 15.1. The predicted octanol–water partition coefficient (Wildman–Crippen LogP) is 4.87. The van der Waals surface area contributed by atoms with Gasteiger partial charge in [-0.25, -0.2) is 8.78 Å². The summed E-state index contributed by atoms with van der Waals surface area (Å²) >= 11 is 6.58. The summed E-state index contributed by atoms with van der Waals surface area (Å²) in [5.74, 6) is -0.809. The van der Waals surface area contributed by atoms with Gasteiger partial charge >= 0.3 is 0 Å². The van der Waals surface area contributed by atoms with E-state index in [-0.39, 0.29) is 11.4 Å². The number of benzene rings is 2. The Labute approximate surface area is 130 Å². The number of halogens is 4. The highest BCUT2D eigenvalue weighted by molar-refractivity contribution is 9.11. The quantitative estimate of drug-likeness (QED) is 0.736. The molecule has 7 heteroatoms. The van der Waals surface area contributed by atoms with E-state index in [4.69, 9.17) is 15.2 Å². The Bertz CT molecular complexity index is 665. The lowest BCUT2D eigenvalue weighted by atomic mass is 10.2. The van der Waals surface area contributed by atoms with Gasteiger partial charge in [-0.05, 0) is 44.0 Å². The molecule has 2 aromatic carbocycles. The summed E-state index contributed by atoms with van der Waals surface area (Å²) in [6.45, 7) is 0. The van der Waals surface area contributed by atoms with Crippen molar-refractivity contribution >= 4 is 37.5 Å². The Hall–Kier alpha value is -1.34. The van der Waals surface area contributed by atoms with Gasteiger partial charge in [0.05, 0.1) is 16.1 Å². The molecule has 0 bridgehead atoms. The maximum atomic E-state index is 13.4. The lowest BCUT2D eigenvalue weighted by Gasteiger charge is -2.12. The molecule has 0 aliphatic heterocycles. The molecule has 0 aliphatic carbocycles. The molecule has 3 nitrogen and oxygen atoms in total. The van der Waals surface area contributed by atoms with Crippen molar-refractivity contribution in [1.82, 2.24) is 0 Å². The molecule has 0 unspecified atom stereocenters. The van der Waals surface area contributed by atoms with Crippen molar-refractivity contribution in [3.8, 4) is 17.2 Å². The van der Waals surface area contributed by atoms with Gasteiger partial charge in [-0.3, -0.25) is 0 Å². The van der Waals surface area contributed by atoms with Crippen LogP contribution in [-0.4, -0.2) is 7.11 Å². The highest BCUT2D eigenvalue weighted by Gasteiger charge is 2.14. The van der Waals surface area contributed by atoms with E-state index in [0.29, 0.717) is 26.5 Å². The van der Waals surface area contributed by atoms with E-state index in [9.17, 15) is 8.78 Å². The minimum Gasteiger partial charge on any atom is -0.496 e. The van der Waals surface area contributed by atoms with Crippen LogP contribution < -0.4 is 15.2 Å². The van der Waals surface area contributed by atoms with Crippen molar-refractivity contribution in [2.45, 2.75) is 0 Å². The van der Waals surface area contributed by atoms with E-state index >= 15 is 0 Å². The monoisotopic (exact) mass is 407 g/mol. The number of ether oxygens (including phenoxy) is 2. The molecule has 0 saturated carbocycles. The molecule has 0 radical (unpaired) electrons. The minimum atomic E-state index is -0.872. The van der Waals surface area contributed by atoms with Crippen LogP contribution in [0.15, 0.2) is 33.2 Å². The van der Waals surface area contributed by atoms with Crippen molar-refractivity contribution in [2.24, 2.45) is 0 Å². The van der Waals surface area contributed by atoms with Gasteiger partial charge in [-0.15, -0.1) is 0 Å². The van der Waals surface area contributed by atoms with Crippen LogP contribution in [0.25, 0.3) is 0 Å². The Morgan fingerprint density at radius 3 is 2.20 bits per heavy atom. The fourth-order valence-electron chi connectivity index (χ4n) is 1.51. The van der Waals surface area contributed by atoms with Crippen LogP contribution in [0.3, 0.4) is 0 Å². The standard InChI is InChI=1S/C13H9Br2F2NO2/c1-19-10-4-8(15)11(5-7(10)14)20-12-3-6(16)2-9(17)13(12)18/h2-5H,18H2,1H3. The van der Waals surface area contributed by atoms with Gasteiger partial charge in [0.15, 0.2) is 11.6 Å². The van der Waals surface area contributed by atoms with Crippen LogP contribution in [0.2, 0.25) is 0 Å². The van der Waals surface area contributed by atoms with Crippen molar-refractivity contribution < 1.29 is 18.3 Å². The van der Waals surface area contributed by atoms with E-state index in [0.717, 1.165) is 6.07 Å². The zero-order valence-electron chi connectivity index (χ0n) is 10.2. The Morgan fingerprint density at radius 2 is 1.55 bits per heavy atom. The highest BCUT2D eigenvalue weighted by Crippen LogP contribution is 2.39. The van der Waals surface area contributed by atoms with Crippen molar-refractivity contribution in [1.29, 1.82) is 0 Å². The molecular weight excluding hydrogens is 400 g/mol. The first-order valence-corrected chi connectivity index (χ1v) is 6.96. The summed E-state index contributed by atoms with van der Waals surface area (Å²) in [5, 5.41) is 0. The Balaban J connectivity index is 2.43. The molecule has 2 rings (SSSR count). The second-order valence-electron chi connectivity index (χ2n) is 3.82. The van der Waals surface area contributed by atoms with E-state index in [1.807, 2.05) is 0 Å². The second kappa shape index (κ2) is 5.97.